The van der Waals surface area contributed by atoms with E-state index < -0.39 is 6.17 Å². The molecule has 1 aliphatic carbocycles. The minimum Gasteiger partial charge on any atom is -0.297 e. The second-order valence-electron chi connectivity index (χ2n) is 4.17. The Morgan fingerprint density at radius 1 is 1.31 bits per heavy atom. The fourth-order valence-corrected chi connectivity index (χ4v) is 2.06. The standard InChI is InChI=1S/C11H19FO/c1-9(13)11(12)8-10-6-4-2-3-5-7-10/h10-11H,2-8H2,1H3. The van der Waals surface area contributed by atoms with Crippen LogP contribution in [0.5, 0.6) is 0 Å². The number of halogens is 1. The van der Waals surface area contributed by atoms with Crippen molar-refractivity contribution in [1.29, 1.82) is 0 Å². The zero-order valence-corrected chi connectivity index (χ0v) is 8.39. The van der Waals surface area contributed by atoms with Gasteiger partial charge < -0.3 is 0 Å². The number of Topliss-reactive ketones (excluding diaryl/α,β-unsaturated/α-hetero) is 1. The predicted octanol–water partition coefficient (Wildman–Crippen LogP) is 3.27. The molecule has 1 atom stereocenters. The Balaban J connectivity index is 2.29. The lowest BCUT2D eigenvalue weighted by molar-refractivity contribution is -0.122. The van der Waals surface area contributed by atoms with E-state index in [0.717, 1.165) is 12.8 Å². The molecule has 0 amide bonds. The molecule has 1 fully saturated rings. The van der Waals surface area contributed by atoms with E-state index in [0.29, 0.717) is 12.3 Å². The van der Waals surface area contributed by atoms with Crippen molar-refractivity contribution < 1.29 is 9.18 Å². The minimum atomic E-state index is -1.21. The highest BCUT2D eigenvalue weighted by molar-refractivity contribution is 5.80. The molecule has 0 N–H and O–H groups in total. The maximum atomic E-state index is 13.1. The third kappa shape index (κ3) is 3.88. The molecule has 0 bridgehead atoms. The molecule has 1 aliphatic rings. The first-order valence-corrected chi connectivity index (χ1v) is 5.34. The molecule has 0 heterocycles. The summed E-state index contributed by atoms with van der Waals surface area (Å²) in [6, 6.07) is 0. The fraction of sp³-hybridized carbons (Fsp3) is 0.909. The molecule has 0 aromatic heterocycles. The van der Waals surface area contributed by atoms with Crippen LogP contribution in [0.3, 0.4) is 0 Å². The van der Waals surface area contributed by atoms with Crippen molar-refractivity contribution in [2.75, 3.05) is 0 Å². The molecule has 76 valence electrons. The van der Waals surface area contributed by atoms with Crippen LogP contribution in [0.2, 0.25) is 0 Å². The molecule has 13 heavy (non-hydrogen) atoms. The molecule has 0 radical (unpaired) electrons. The first-order chi connectivity index (χ1) is 6.20. The molecule has 1 rings (SSSR count). The predicted molar refractivity (Wildman–Crippen MR) is 51.4 cm³/mol. The monoisotopic (exact) mass is 186 g/mol. The van der Waals surface area contributed by atoms with Gasteiger partial charge in [0.25, 0.3) is 0 Å². The second-order valence-corrected chi connectivity index (χ2v) is 4.17. The van der Waals surface area contributed by atoms with Gasteiger partial charge in [-0.2, -0.15) is 0 Å². The summed E-state index contributed by atoms with van der Waals surface area (Å²) in [6.07, 6.45) is 6.51. The summed E-state index contributed by atoms with van der Waals surface area (Å²) in [5, 5.41) is 0. The van der Waals surface area contributed by atoms with Gasteiger partial charge in [-0.1, -0.05) is 38.5 Å². The van der Waals surface area contributed by atoms with Gasteiger partial charge in [0.05, 0.1) is 0 Å². The third-order valence-corrected chi connectivity index (χ3v) is 2.96. The summed E-state index contributed by atoms with van der Waals surface area (Å²) in [7, 11) is 0. The Hall–Kier alpha value is -0.400. The lowest BCUT2D eigenvalue weighted by Crippen LogP contribution is -2.16. The van der Waals surface area contributed by atoms with Crippen molar-refractivity contribution in [3.8, 4) is 0 Å². The average molecular weight is 186 g/mol. The van der Waals surface area contributed by atoms with Crippen LogP contribution in [0.1, 0.15) is 51.9 Å². The van der Waals surface area contributed by atoms with E-state index in [-0.39, 0.29) is 5.78 Å². The Morgan fingerprint density at radius 2 is 1.85 bits per heavy atom. The van der Waals surface area contributed by atoms with Crippen LogP contribution in [0.15, 0.2) is 0 Å². The van der Waals surface area contributed by atoms with E-state index in [1.165, 1.54) is 32.6 Å². The van der Waals surface area contributed by atoms with E-state index in [2.05, 4.69) is 0 Å². The maximum Gasteiger partial charge on any atom is 0.163 e. The quantitative estimate of drug-likeness (QED) is 0.618. The van der Waals surface area contributed by atoms with Crippen molar-refractivity contribution in [3.05, 3.63) is 0 Å². The van der Waals surface area contributed by atoms with Crippen LogP contribution in [-0.4, -0.2) is 12.0 Å². The van der Waals surface area contributed by atoms with Gasteiger partial charge in [-0.05, 0) is 19.3 Å². The molecule has 1 unspecified atom stereocenters. The average Bonchev–Trinajstić information content (AvgIpc) is 2.32. The molecule has 0 aromatic rings. The van der Waals surface area contributed by atoms with Crippen LogP contribution in [0, 0.1) is 5.92 Å². The lowest BCUT2D eigenvalue weighted by atomic mass is 9.93. The minimum absolute atomic E-state index is 0.302. The van der Waals surface area contributed by atoms with Gasteiger partial charge in [-0.15, -0.1) is 0 Å². The van der Waals surface area contributed by atoms with E-state index in [1.807, 2.05) is 0 Å². The van der Waals surface area contributed by atoms with Crippen LogP contribution < -0.4 is 0 Å². The molecule has 2 heteroatoms. The smallest absolute Gasteiger partial charge is 0.163 e. The Bertz CT molecular complexity index is 159. The first kappa shape index (κ1) is 10.7. The van der Waals surface area contributed by atoms with E-state index in [1.54, 1.807) is 0 Å². The number of hydrogen-bond donors (Lipinski definition) is 0. The SMILES string of the molecule is CC(=O)C(F)CC1CCCCCC1. The van der Waals surface area contributed by atoms with Gasteiger partial charge in [0.2, 0.25) is 0 Å². The van der Waals surface area contributed by atoms with Gasteiger partial charge >= 0.3 is 0 Å². The van der Waals surface area contributed by atoms with Crippen molar-refractivity contribution >= 4 is 5.78 Å². The highest BCUT2D eigenvalue weighted by Gasteiger charge is 2.20. The zero-order chi connectivity index (χ0) is 9.68. The highest BCUT2D eigenvalue weighted by atomic mass is 19.1. The number of hydrogen-bond acceptors (Lipinski definition) is 1. The number of carbonyl (C=O) groups excluding carboxylic acids is 1. The maximum absolute atomic E-state index is 13.1. The molecule has 1 nitrogen and oxygen atoms in total. The van der Waals surface area contributed by atoms with Crippen LogP contribution >= 0.6 is 0 Å². The van der Waals surface area contributed by atoms with Crippen molar-refractivity contribution in [3.63, 3.8) is 0 Å². The summed E-state index contributed by atoms with van der Waals surface area (Å²) < 4.78 is 13.1. The van der Waals surface area contributed by atoms with Gasteiger partial charge in [0, 0.05) is 0 Å². The topological polar surface area (TPSA) is 17.1 Å². The van der Waals surface area contributed by atoms with E-state index >= 15 is 0 Å². The van der Waals surface area contributed by atoms with Gasteiger partial charge in [0.15, 0.2) is 12.0 Å². The summed E-state index contributed by atoms with van der Waals surface area (Å²) in [5.41, 5.74) is 0. The van der Waals surface area contributed by atoms with Crippen molar-refractivity contribution in [2.45, 2.75) is 58.0 Å². The second kappa shape index (κ2) is 5.36. The molecule has 0 saturated heterocycles. The number of alkyl halides is 1. The molecule has 0 spiro atoms. The molecule has 0 aliphatic heterocycles. The third-order valence-electron chi connectivity index (χ3n) is 2.96. The lowest BCUT2D eigenvalue weighted by Gasteiger charge is -2.14. The van der Waals surface area contributed by atoms with Crippen molar-refractivity contribution in [1.82, 2.24) is 0 Å². The van der Waals surface area contributed by atoms with Gasteiger partial charge in [0.1, 0.15) is 0 Å². The summed E-state index contributed by atoms with van der Waals surface area (Å²) >= 11 is 0. The number of ketones is 1. The van der Waals surface area contributed by atoms with E-state index in [9.17, 15) is 9.18 Å². The normalized spacial score (nSPS) is 22.3. The summed E-state index contributed by atoms with van der Waals surface area (Å²) in [4.78, 5) is 10.7. The number of rotatable bonds is 3. The van der Waals surface area contributed by atoms with Gasteiger partial charge in [-0.25, -0.2) is 4.39 Å². The van der Waals surface area contributed by atoms with E-state index in [4.69, 9.17) is 0 Å². The summed E-state index contributed by atoms with van der Waals surface area (Å²) in [6.45, 7) is 1.35. The van der Waals surface area contributed by atoms with Crippen molar-refractivity contribution in [2.24, 2.45) is 5.92 Å². The number of carbonyl (C=O) groups is 1. The first-order valence-electron chi connectivity index (χ1n) is 5.34. The highest BCUT2D eigenvalue weighted by Crippen LogP contribution is 2.27. The Morgan fingerprint density at radius 3 is 2.31 bits per heavy atom. The van der Waals surface area contributed by atoms with Crippen LogP contribution in [-0.2, 0) is 4.79 Å². The Kier molecular flexibility index (Phi) is 4.40. The van der Waals surface area contributed by atoms with Crippen LogP contribution in [0.25, 0.3) is 0 Å². The van der Waals surface area contributed by atoms with Gasteiger partial charge in [-0.3, -0.25) is 4.79 Å². The summed E-state index contributed by atoms with van der Waals surface area (Å²) in [5.74, 6) is 0.158. The zero-order valence-electron chi connectivity index (χ0n) is 8.39. The largest absolute Gasteiger partial charge is 0.297 e. The molecular weight excluding hydrogens is 167 g/mol. The fourth-order valence-electron chi connectivity index (χ4n) is 2.06. The molecule has 0 aromatic carbocycles. The molecule has 1 saturated carbocycles. The Labute approximate surface area is 79.7 Å². The molecular formula is C11H19FO. The van der Waals surface area contributed by atoms with Crippen LogP contribution in [0.4, 0.5) is 4.39 Å².